The van der Waals surface area contributed by atoms with E-state index in [2.05, 4.69) is 19.9 Å². The number of fused-ring (bicyclic) bond motifs is 1. The summed E-state index contributed by atoms with van der Waals surface area (Å²) in [6.45, 7) is 5.39. The molecule has 3 aliphatic rings. The molecule has 172 valence electrons. The number of hydrogen-bond donors (Lipinski definition) is 2. The average molecular weight is 439 g/mol. The molecule has 1 saturated carbocycles. The van der Waals surface area contributed by atoms with Crippen LogP contribution in [-0.4, -0.2) is 49.2 Å². The fraction of sp³-hybridized carbons (Fsp3) is 0.640. The largest absolute Gasteiger partial charge is 0.381 e. The summed E-state index contributed by atoms with van der Waals surface area (Å²) in [6, 6.07) is 7.92. The normalized spacial score (nSPS) is 33.6. The molecule has 4 unspecified atom stereocenters. The van der Waals surface area contributed by atoms with E-state index in [0.717, 1.165) is 43.2 Å². The van der Waals surface area contributed by atoms with E-state index in [0.29, 0.717) is 30.6 Å². The van der Waals surface area contributed by atoms with E-state index in [1.165, 1.54) is 4.90 Å². The molecule has 1 aliphatic heterocycles. The van der Waals surface area contributed by atoms with E-state index in [-0.39, 0.29) is 29.5 Å². The molecule has 1 amide bonds. The third kappa shape index (κ3) is 3.91. The van der Waals surface area contributed by atoms with Crippen LogP contribution in [0.15, 0.2) is 18.2 Å². The van der Waals surface area contributed by atoms with Gasteiger partial charge in [-0.1, -0.05) is 19.9 Å². The standard InChI is InChI=1S/C25H34N4O3/c1-15-10-25(11-16(2)22(15)31-3)12-18-7-6-17(13-26)9-20(18)21(25)23(30)29(24(27)28)14-19-5-4-8-32-19/h6-7,9,15-16,19,21-22H,4-5,8,10-12,14H2,1-3H3,(H3,27,28). The maximum absolute atomic E-state index is 14.1. The number of carbonyl (C=O) groups excluding carboxylic acids is 1. The number of benzene rings is 1. The van der Waals surface area contributed by atoms with E-state index in [1.807, 2.05) is 18.2 Å². The number of nitrogens with two attached hydrogens (primary N) is 1. The molecule has 7 heteroatoms. The van der Waals surface area contributed by atoms with Gasteiger partial charge in [0.05, 0.1) is 36.3 Å². The van der Waals surface area contributed by atoms with Crippen molar-refractivity contribution in [3.05, 3.63) is 34.9 Å². The Balaban J connectivity index is 1.75. The number of methoxy groups -OCH3 is 1. The van der Waals surface area contributed by atoms with Crippen LogP contribution in [0.3, 0.4) is 0 Å². The highest BCUT2D eigenvalue weighted by molar-refractivity contribution is 5.99. The molecule has 7 nitrogen and oxygen atoms in total. The average Bonchev–Trinajstić information content (AvgIpc) is 3.36. The zero-order valence-corrected chi connectivity index (χ0v) is 19.3. The van der Waals surface area contributed by atoms with Crippen molar-refractivity contribution in [1.29, 1.82) is 10.7 Å². The minimum Gasteiger partial charge on any atom is -0.381 e. The highest BCUT2D eigenvalue weighted by atomic mass is 16.5. The molecule has 0 aromatic heterocycles. The molecule has 4 atom stereocenters. The quantitative estimate of drug-likeness (QED) is 0.554. The number of hydrogen-bond acceptors (Lipinski definition) is 5. The van der Waals surface area contributed by atoms with Crippen molar-refractivity contribution in [3.63, 3.8) is 0 Å². The van der Waals surface area contributed by atoms with Gasteiger partial charge < -0.3 is 15.2 Å². The van der Waals surface area contributed by atoms with Crippen molar-refractivity contribution in [3.8, 4) is 6.07 Å². The van der Waals surface area contributed by atoms with Crippen LogP contribution in [0.1, 0.15) is 62.1 Å². The molecule has 1 aromatic rings. The third-order valence-electron chi connectivity index (χ3n) is 7.81. The Labute approximate surface area is 190 Å². The van der Waals surface area contributed by atoms with Crippen LogP contribution in [0, 0.1) is 34.0 Å². The topological polar surface area (TPSA) is 112 Å². The molecular weight excluding hydrogens is 404 g/mol. The van der Waals surface area contributed by atoms with Crippen LogP contribution in [0.5, 0.6) is 0 Å². The summed E-state index contributed by atoms with van der Waals surface area (Å²) in [7, 11) is 1.76. The van der Waals surface area contributed by atoms with Gasteiger partial charge in [0, 0.05) is 13.7 Å². The van der Waals surface area contributed by atoms with Crippen molar-refractivity contribution in [2.45, 2.75) is 64.1 Å². The van der Waals surface area contributed by atoms with Crippen molar-refractivity contribution < 1.29 is 14.3 Å². The van der Waals surface area contributed by atoms with Crippen molar-refractivity contribution in [2.75, 3.05) is 20.3 Å². The Kier molecular flexibility index (Phi) is 6.28. The van der Waals surface area contributed by atoms with Gasteiger partial charge in [0.15, 0.2) is 5.96 Å². The summed E-state index contributed by atoms with van der Waals surface area (Å²) in [5.74, 6) is -0.214. The Bertz CT molecular complexity index is 922. The van der Waals surface area contributed by atoms with E-state index in [4.69, 9.17) is 20.6 Å². The smallest absolute Gasteiger partial charge is 0.237 e. The van der Waals surface area contributed by atoms with Crippen LogP contribution in [-0.2, 0) is 20.7 Å². The minimum atomic E-state index is -0.432. The zero-order chi connectivity index (χ0) is 23.0. The van der Waals surface area contributed by atoms with Crippen molar-refractivity contribution >= 4 is 11.9 Å². The molecule has 1 spiro atoms. The van der Waals surface area contributed by atoms with E-state index in [1.54, 1.807) is 7.11 Å². The van der Waals surface area contributed by atoms with Crippen molar-refractivity contribution in [1.82, 2.24) is 4.90 Å². The van der Waals surface area contributed by atoms with Crippen LogP contribution in [0.2, 0.25) is 0 Å². The van der Waals surface area contributed by atoms with Gasteiger partial charge >= 0.3 is 0 Å². The van der Waals surface area contributed by atoms with Gasteiger partial charge in [-0.25, -0.2) is 0 Å². The first-order valence-corrected chi connectivity index (χ1v) is 11.6. The summed E-state index contributed by atoms with van der Waals surface area (Å²) >= 11 is 0. The van der Waals surface area contributed by atoms with Crippen molar-refractivity contribution in [2.24, 2.45) is 23.0 Å². The van der Waals surface area contributed by atoms with Gasteiger partial charge in [-0.15, -0.1) is 0 Å². The number of ether oxygens (including phenoxy) is 2. The lowest BCUT2D eigenvalue weighted by Crippen LogP contribution is -2.52. The molecular formula is C25H34N4O3. The zero-order valence-electron chi connectivity index (χ0n) is 19.3. The Hall–Kier alpha value is -2.43. The summed E-state index contributed by atoms with van der Waals surface area (Å²) in [6.07, 6.45) is 4.40. The first kappa shape index (κ1) is 22.8. The SMILES string of the molecule is COC1C(C)CC2(Cc3ccc(C#N)cc3C2C(=O)N(CC2CCCO2)C(=N)N)CC1C. The lowest BCUT2D eigenvalue weighted by atomic mass is 9.59. The number of amides is 1. The van der Waals surface area contributed by atoms with E-state index < -0.39 is 5.92 Å². The summed E-state index contributed by atoms with van der Waals surface area (Å²) in [5.41, 5.74) is 8.26. The number of rotatable bonds is 4. The molecule has 2 fully saturated rings. The number of carbonyl (C=O) groups is 1. The Morgan fingerprint density at radius 3 is 2.66 bits per heavy atom. The van der Waals surface area contributed by atoms with Crippen LogP contribution in [0.4, 0.5) is 0 Å². The molecule has 32 heavy (non-hydrogen) atoms. The Morgan fingerprint density at radius 1 is 1.38 bits per heavy atom. The van der Waals surface area contributed by atoms with E-state index >= 15 is 0 Å². The number of nitrogens with zero attached hydrogens (tertiary/aromatic N) is 2. The molecule has 0 radical (unpaired) electrons. The van der Waals surface area contributed by atoms with Crippen LogP contribution in [0.25, 0.3) is 0 Å². The highest BCUT2D eigenvalue weighted by Crippen LogP contribution is 2.58. The predicted molar refractivity (Wildman–Crippen MR) is 121 cm³/mol. The fourth-order valence-electron chi connectivity index (χ4n) is 6.76. The second-order valence-corrected chi connectivity index (χ2v) is 10.0. The number of nitriles is 1. The lowest BCUT2D eigenvalue weighted by molar-refractivity contribution is -0.136. The van der Waals surface area contributed by atoms with Gasteiger partial charge in [0.1, 0.15) is 0 Å². The molecule has 3 N–H and O–H groups in total. The predicted octanol–water partition coefficient (Wildman–Crippen LogP) is 3.17. The van der Waals surface area contributed by atoms with Gasteiger partial charge in [-0.2, -0.15) is 5.26 Å². The molecule has 2 aliphatic carbocycles. The third-order valence-corrected chi connectivity index (χ3v) is 7.81. The lowest BCUT2D eigenvalue weighted by Gasteiger charge is -2.48. The second-order valence-electron chi connectivity index (χ2n) is 10.0. The maximum Gasteiger partial charge on any atom is 0.237 e. The molecule has 1 aromatic carbocycles. The summed E-state index contributed by atoms with van der Waals surface area (Å²) < 4.78 is 11.5. The van der Waals surface area contributed by atoms with Gasteiger partial charge in [-0.05, 0) is 72.6 Å². The molecule has 1 heterocycles. The highest BCUT2D eigenvalue weighted by Gasteiger charge is 2.55. The number of nitrogens with one attached hydrogen (secondary N) is 1. The first-order valence-electron chi connectivity index (χ1n) is 11.6. The van der Waals surface area contributed by atoms with E-state index in [9.17, 15) is 10.1 Å². The molecule has 0 bridgehead atoms. The van der Waals surface area contributed by atoms with Gasteiger partial charge in [0.25, 0.3) is 0 Å². The van der Waals surface area contributed by atoms with Gasteiger partial charge in [-0.3, -0.25) is 15.1 Å². The Morgan fingerprint density at radius 2 is 2.09 bits per heavy atom. The maximum atomic E-state index is 14.1. The summed E-state index contributed by atoms with van der Waals surface area (Å²) in [4.78, 5) is 15.5. The fourth-order valence-corrected chi connectivity index (χ4v) is 6.76. The van der Waals surface area contributed by atoms with Gasteiger partial charge in [0.2, 0.25) is 5.91 Å². The minimum absolute atomic E-state index is 0.0906. The molecule has 1 saturated heterocycles. The van der Waals surface area contributed by atoms with Crippen LogP contribution < -0.4 is 5.73 Å². The monoisotopic (exact) mass is 438 g/mol. The first-order chi connectivity index (χ1) is 15.3. The molecule has 4 rings (SSSR count). The second kappa shape index (κ2) is 8.84. The van der Waals surface area contributed by atoms with Crippen LogP contribution >= 0.6 is 0 Å². The summed E-state index contributed by atoms with van der Waals surface area (Å²) in [5, 5.41) is 17.7. The number of guanidine groups is 1.